The van der Waals surface area contributed by atoms with E-state index >= 15 is 0 Å². The first-order valence-corrected chi connectivity index (χ1v) is 5.04. The average Bonchev–Trinajstić information content (AvgIpc) is 2.21. The maximum atomic E-state index is 10.7. The Labute approximate surface area is 84.7 Å². The molecule has 0 aromatic rings. The summed E-state index contributed by atoms with van der Waals surface area (Å²) in [6.45, 7) is 0. The van der Waals surface area contributed by atoms with E-state index in [9.17, 15) is 4.79 Å². The van der Waals surface area contributed by atoms with E-state index in [-0.39, 0.29) is 6.04 Å². The van der Waals surface area contributed by atoms with Crippen LogP contribution in [-0.4, -0.2) is 36.1 Å². The third-order valence-electron chi connectivity index (χ3n) is 2.35. The highest BCUT2D eigenvalue weighted by Crippen LogP contribution is 2.12. The molecule has 0 aromatic heterocycles. The first-order valence-electron chi connectivity index (χ1n) is 4.41. The number of hydrogen-bond acceptors (Lipinski definition) is 3. The van der Waals surface area contributed by atoms with Gasteiger partial charge in [-0.2, -0.15) is 12.6 Å². The maximum absolute atomic E-state index is 10.7. The molecule has 0 heterocycles. The van der Waals surface area contributed by atoms with Crippen LogP contribution in [0.3, 0.4) is 0 Å². The number of carbonyl (C=O) groups excluding carboxylic acids is 1. The zero-order chi connectivity index (χ0) is 9.68. The third-order valence-corrected chi connectivity index (χ3v) is 2.72. The molecule has 0 saturated carbocycles. The van der Waals surface area contributed by atoms with Crippen LogP contribution in [0.25, 0.3) is 0 Å². The Kier molecular flexibility index (Phi) is 4.25. The number of allylic oxidation sites excluding steroid dienone is 2. The molecule has 0 fully saturated rings. The summed E-state index contributed by atoms with van der Waals surface area (Å²) in [7, 11) is 1.96. The van der Waals surface area contributed by atoms with Crippen LogP contribution >= 0.6 is 12.6 Å². The second kappa shape index (κ2) is 5.25. The molecule has 13 heavy (non-hydrogen) atoms. The normalized spacial score (nSPS) is 23.5. The fourth-order valence-electron chi connectivity index (χ4n) is 1.38. The Bertz CT molecular complexity index is 225. The van der Waals surface area contributed by atoms with Crippen molar-refractivity contribution in [2.75, 3.05) is 12.8 Å². The summed E-state index contributed by atoms with van der Waals surface area (Å²) in [4.78, 5) is 12.7. The minimum atomic E-state index is -0.0792. The second-order valence-electron chi connectivity index (χ2n) is 3.17. The number of thiol groups is 1. The van der Waals surface area contributed by atoms with E-state index in [4.69, 9.17) is 0 Å². The van der Waals surface area contributed by atoms with Gasteiger partial charge in [-0.3, -0.25) is 4.90 Å². The van der Waals surface area contributed by atoms with Gasteiger partial charge in [0.05, 0.1) is 6.04 Å². The smallest absolute Gasteiger partial charge is 0.137 e. The summed E-state index contributed by atoms with van der Waals surface area (Å²) in [5.41, 5.74) is 0. The maximum Gasteiger partial charge on any atom is 0.137 e. The van der Waals surface area contributed by atoms with Crippen molar-refractivity contribution in [2.24, 2.45) is 0 Å². The van der Waals surface area contributed by atoms with Crippen molar-refractivity contribution in [3.63, 3.8) is 0 Å². The van der Waals surface area contributed by atoms with Gasteiger partial charge in [-0.1, -0.05) is 24.3 Å². The summed E-state index contributed by atoms with van der Waals surface area (Å²) in [6, 6.07) is 0.261. The lowest BCUT2D eigenvalue weighted by atomic mass is 10.1. The van der Waals surface area contributed by atoms with E-state index in [1.807, 2.05) is 19.2 Å². The summed E-state index contributed by atoms with van der Waals surface area (Å²) in [5, 5.41) is 0. The fourth-order valence-corrected chi connectivity index (χ4v) is 1.73. The lowest BCUT2D eigenvalue weighted by Crippen LogP contribution is -2.41. The van der Waals surface area contributed by atoms with Gasteiger partial charge >= 0.3 is 0 Å². The van der Waals surface area contributed by atoms with Gasteiger partial charge in [0.1, 0.15) is 6.29 Å². The topological polar surface area (TPSA) is 20.3 Å². The summed E-state index contributed by atoms with van der Waals surface area (Å²) < 4.78 is 0. The van der Waals surface area contributed by atoms with Crippen LogP contribution in [0.5, 0.6) is 0 Å². The first-order chi connectivity index (χ1) is 6.29. The van der Waals surface area contributed by atoms with Crippen LogP contribution in [0.4, 0.5) is 0 Å². The molecule has 1 aliphatic rings. The Morgan fingerprint density at radius 2 is 2.46 bits per heavy atom. The second-order valence-corrected chi connectivity index (χ2v) is 3.53. The minimum absolute atomic E-state index is 0.0792. The predicted octanol–water partition coefficient (Wildman–Crippen LogP) is 1.30. The molecule has 2 nitrogen and oxygen atoms in total. The van der Waals surface area contributed by atoms with Gasteiger partial charge in [0.25, 0.3) is 0 Å². The molecule has 0 bridgehead atoms. The van der Waals surface area contributed by atoms with Crippen LogP contribution < -0.4 is 0 Å². The van der Waals surface area contributed by atoms with Gasteiger partial charge in [-0.25, -0.2) is 0 Å². The van der Waals surface area contributed by atoms with Crippen LogP contribution in [-0.2, 0) is 4.79 Å². The molecule has 0 saturated heterocycles. The van der Waals surface area contributed by atoms with Gasteiger partial charge in [-0.05, 0) is 13.5 Å². The molecule has 0 amide bonds. The lowest BCUT2D eigenvalue weighted by Gasteiger charge is -2.29. The summed E-state index contributed by atoms with van der Waals surface area (Å²) in [5.74, 6) is 0.577. The van der Waals surface area contributed by atoms with Crippen molar-refractivity contribution in [2.45, 2.75) is 18.5 Å². The molecule has 0 aliphatic heterocycles. The highest BCUT2D eigenvalue weighted by molar-refractivity contribution is 7.80. The monoisotopic (exact) mass is 197 g/mol. The van der Waals surface area contributed by atoms with Crippen LogP contribution in [0.1, 0.15) is 6.42 Å². The van der Waals surface area contributed by atoms with Gasteiger partial charge in [0.2, 0.25) is 0 Å². The number of carbonyl (C=O) groups is 1. The molecule has 0 N–H and O–H groups in total. The fraction of sp³-hybridized carbons (Fsp3) is 0.500. The first kappa shape index (κ1) is 10.5. The zero-order valence-electron chi connectivity index (χ0n) is 7.76. The summed E-state index contributed by atoms with van der Waals surface area (Å²) >= 11 is 4.14. The quantitative estimate of drug-likeness (QED) is 0.541. The molecule has 1 aliphatic carbocycles. The Morgan fingerprint density at radius 3 is 2.92 bits per heavy atom. The SMILES string of the molecule is CN(C1C=CC=CC1)[C@H](C=O)CS. The van der Waals surface area contributed by atoms with Gasteiger partial charge < -0.3 is 4.79 Å². The van der Waals surface area contributed by atoms with E-state index in [0.29, 0.717) is 11.8 Å². The van der Waals surface area contributed by atoms with Crippen molar-refractivity contribution < 1.29 is 4.79 Å². The predicted molar refractivity (Wildman–Crippen MR) is 58.2 cm³/mol. The molecule has 0 aromatic carbocycles. The Hall–Kier alpha value is -0.540. The van der Waals surface area contributed by atoms with Gasteiger partial charge in [0, 0.05) is 11.8 Å². The molecular weight excluding hydrogens is 182 g/mol. The van der Waals surface area contributed by atoms with Crippen molar-refractivity contribution in [1.82, 2.24) is 4.90 Å². The summed E-state index contributed by atoms with van der Waals surface area (Å²) in [6.07, 6.45) is 10.2. The van der Waals surface area contributed by atoms with Crippen molar-refractivity contribution in [3.05, 3.63) is 24.3 Å². The highest BCUT2D eigenvalue weighted by atomic mass is 32.1. The largest absolute Gasteiger partial charge is 0.302 e. The molecular formula is C10H15NOS. The number of rotatable bonds is 4. The van der Waals surface area contributed by atoms with E-state index in [2.05, 4.69) is 29.7 Å². The van der Waals surface area contributed by atoms with Crippen LogP contribution in [0.2, 0.25) is 0 Å². The van der Waals surface area contributed by atoms with Crippen molar-refractivity contribution in [3.8, 4) is 0 Å². The molecule has 0 radical (unpaired) electrons. The van der Waals surface area contributed by atoms with E-state index in [1.165, 1.54) is 0 Å². The molecule has 72 valence electrons. The lowest BCUT2D eigenvalue weighted by molar-refractivity contribution is -0.111. The number of aldehydes is 1. The van der Waals surface area contributed by atoms with Crippen LogP contribution in [0.15, 0.2) is 24.3 Å². The molecule has 0 spiro atoms. The number of hydrogen-bond donors (Lipinski definition) is 1. The number of nitrogens with zero attached hydrogens (tertiary/aromatic N) is 1. The van der Waals surface area contributed by atoms with Gasteiger partial charge in [-0.15, -0.1) is 0 Å². The average molecular weight is 197 g/mol. The van der Waals surface area contributed by atoms with E-state index in [1.54, 1.807) is 0 Å². The van der Waals surface area contributed by atoms with Crippen molar-refractivity contribution in [1.29, 1.82) is 0 Å². The highest BCUT2D eigenvalue weighted by Gasteiger charge is 2.18. The third kappa shape index (κ3) is 2.71. The Balaban J connectivity index is 2.55. The van der Waals surface area contributed by atoms with Crippen LogP contribution in [0, 0.1) is 0 Å². The van der Waals surface area contributed by atoms with Crippen molar-refractivity contribution >= 4 is 18.9 Å². The standard InChI is InChI=1S/C10H15NOS/c1-11(10(7-12)8-13)9-5-3-2-4-6-9/h2-5,7,9-10,13H,6,8H2,1H3/t9?,10-/m1/s1. The van der Waals surface area contributed by atoms with Gasteiger partial charge in [0.15, 0.2) is 0 Å². The zero-order valence-corrected chi connectivity index (χ0v) is 8.65. The van der Waals surface area contributed by atoms with E-state index in [0.717, 1.165) is 12.7 Å². The minimum Gasteiger partial charge on any atom is -0.302 e. The molecule has 2 atom stereocenters. The number of likely N-dealkylation sites (N-methyl/N-ethyl adjacent to an activating group) is 1. The Morgan fingerprint density at radius 1 is 1.69 bits per heavy atom. The molecule has 1 unspecified atom stereocenters. The molecule has 3 heteroatoms. The molecule has 1 rings (SSSR count). The van der Waals surface area contributed by atoms with E-state index < -0.39 is 0 Å².